The van der Waals surface area contributed by atoms with E-state index in [9.17, 15) is 4.79 Å². The molecule has 1 saturated heterocycles. The van der Waals surface area contributed by atoms with Gasteiger partial charge in [0, 0.05) is 6.61 Å². The Bertz CT molecular complexity index is 381. The van der Waals surface area contributed by atoms with Crippen molar-refractivity contribution in [2.45, 2.75) is 31.8 Å². The highest BCUT2D eigenvalue weighted by Gasteiger charge is 2.19. The van der Waals surface area contributed by atoms with Crippen molar-refractivity contribution in [2.75, 3.05) is 13.7 Å². The van der Waals surface area contributed by atoms with E-state index in [0.29, 0.717) is 6.42 Å². The van der Waals surface area contributed by atoms with Crippen molar-refractivity contribution in [1.82, 2.24) is 0 Å². The molecule has 0 bridgehead atoms. The van der Waals surface area contributed by atoms with Gasteiger partial charge in [0.2, 0.25) is 0 Å². The van der Waals surface area contributed by atoms with Gasteiger partial charge in [-0.05, 0) is 30.4 Å². The van der Waals surface area contributed by atoms with Crippen LogP contribution in [-0.4, -0.2) is 19.7 Å². The zero-order valence-corrected chi connectivity index (χ0v) is 10.1. The maximum atomic E-state index is 11.4. The zero-order valence-electron chi connectivity index (χ0n) is 10.1. The standard InChI is InChI=1S/C14H18O3/c1-16-14(15)10-11-6-2-3-7-12(11)13-8-4-5-9-17-13/h2-3,6-7,13H,4-5,8-10H2,1H3. The topological polar surface area (TPSA) is 35.5 Å². The quantitative estimate of drug-likeness (QED) is 0.754. The van der Waals surface area contributed by atoms with Crippen molar-refractivity contribution in [1.29, 1.82) is 0 Å². The molecule has 0 radical (unpaired) electrons. The number of rotatable bonds is 3. The van der Waals surface area contributed by atoms with Crippen LogP contribution in [0.5, 0.6) is 0 Å². The third-order valence-corrected chi connectivity index (χ3v) is 3.14. The molecule has 0 spiro atoms. The third kappa shape index (κ3) is 3.07. The monoisotopic (exact) mass is 234 g/mol. The van der Waals surface area contributed by atoms with E-state index < -0.39 is 0 Å². The van der Waals surface area contributed by atoms with Crippen molar-refractivity contribution in [3.8, 4) is 0 Å². The highest BCUT2D eigenvalue weighted by molar-refractivity contribution is 5.72. The van der Waals surface area contributed by atoms with E-state index in [4.69, 9.17) is 9.47 Å². The normalized spacial score (nSPS) is 19.9. The number of esters is 1. The first-order valence-corrected chi connectivity index (χ1v) is 6.07. The van der Waals surface area contributed by atoms with Gasteiger partial charge in [0.15, 0.2) is 0 Å². The molecule has 0 aliphatic carbocycles. The second kappa shape index (κ2) is 5.82. The highest BCUT2D eigenvalue weighted by Crippen LogP contribution is 2.30. The lowest BCUT2D eigenvalue weighted by Gasteiger charge is -2.24. The predicted octanol–water partition coefficient (Wildman–Crippen LogP) is 2.64. The Hall–Kier alpha value is -1.35. The fraction of sp³-hybridized carbons (Fsp3) is 0.500. The fourth-order valence-electron chi connectivity index (χ4n) is 2.22. The van der Waals surface area contributed by atoms with Gasteiger partial charge >= 0.3 is 5.97 Å². The number of ether oxygens (including phenoxy) is 2. The maximum Gasteiger partial charge on any atom is 0.309 e. The van der Waals surface area contributed by atoms with Crippen molar-refractivity contribution >= 4 is 5.97 Å². The van der Waals surface area contributed by atoms with Crippen molar-refractivity contribution in [3.63, 3.8) is 0 Å². The second-order valence-electron chi connectivity index (χ2n) is 4.31. The first-order valence-electron chi connectivity index (χ1n) is 6.07. The lowest BCUT2D eigenvalue weighted by atomic mass is 9.95. The predicted molar refractivity (Wildman–Crippen MR) is 64.7 cm³/mol. The molecule has 1 atom stereocenters. The average molecular weight is 234 g/mol. The number of benzene rings is 1. The van der Waals surface area contributed by atoms with Gasteiger partial charge in [-0.15, -0.1) is 0 Å². The van der Waals surface area contributed by atoms with Crippen LogP contribution in [0.3, 0.4) is 0 Å². The first kappa shape index (κ1) is 12.1. The van der Waals surface area contributed by atoms with Crippen LogP contribution in [0.2, 0.25) is 0 Å². The van der Waals surface area contributed by atoms with Crippen LogP contribution in [0, 0.1) is 0 Å². The summed E-state index contributed by atoms with van der Waals surface area (Å²) in [6.45, 7) is 0.817. The van der Waals surface area contributed by atoms with E-state index in [0.717, 1.165) is 30.6 Å². The Balaban J connectivity index is 2.17. The largest absolute Gasteiger partial charge is 0.469 e. The van der Waals surface area contributed by atoms with Crippen LogP contribution in [0.25, 0.3) is 0 Å². The number of carbonyl (C=O) groups excluding carboxylic acids is 1. The van der Waals surface area contributed by atoms with E-state index >= 15 is 0 Å². The molecular weight excluding hydrogens is 216 g/mol. The van der Waals surface area contributed by atoms with Gasteiger partial charge < -0.3 is 9.47 Å². The smallest absolute Gasteiger partial charge is 0.309 e. The second-order valence-corrected chi connectivity index (χ2v) is 4.31. The third-order valence-electron chi connectivity index (χ3n) is 3.14. The van der Waals surface area contributed by atoms with Gasteiger partial charge in [0.25, 0.3) is 0 Å². The summed E-state index contributed by atoms with van der Waals surface area (Å²) in [7, 11) is 1.42. The van der Waals surface area contributed by atoms with Crippen LogP contribution in [0.4, 0.5) is 0 Å². The van der Waals surface area contributed by atoms with Gasteiger partial charge in [-0.25, -0.2) is 0 Å². The van der Waals surface area contributed by atoms with E-state index in [2.05, 4.69) is 0 Å². The molecule has 1 aromatic carbocycles. The Morgan fingerprint density at radius 2 is 2.24 bits per heavy atom. The SMILES string of the molecule is COC(=O)Cc1ccccc1C1CCCCO1. The number of methoxy groups -OCH3 is 1. The summed E-state index contributed by atoms with van der Waals surface area (Å²) in [4.78, 5) is 11.4. The summed E-state index contributed by atoms with van der Waals surface area (Å²) in [5, 5.41) is 0. The minimum Gasteiger partial charge on any atom is -0.469 e. The average Bonchev–Trinajstić information content (AvgIpc) is 2.40. The Kier molecular flexibility index (Phi) is 4.15. The van der Waals surface area contributed by atoms with Crippen LogP contribution >= 0.6 is 0 Å². The highest BCUT2D eigenvalue weighted by atomic mass is 16.5. The molecule has 0 amide bonds. The summed E-state index contributed by atoms with van der Waals surface area (Å²) < 4.78 is 10.5. The summed E-state index contributed by atoms with van der Waals surface area (Å²) >= 11 is 0. The van der Waals surface area contributed by atoms with Crippen molar-refractivity contribution in [2.24, 2.45) is 0 Å². The molecule has 1 unspecified atom stereocenters. The van der Waals surface area contributed by atoms with Gasteiger partial charge in [0.1, 0.15) is 0 Å². The summed E-state index contributed by atoms with van der Waals surface area (Å²) in [5.74, 6) is -0.201. The Morgan fingerprint density at radius 3 is 2.94 bits per heavy atom. The van der Waals surface area contributed by atoms with Crippen molar-refractivity contribution < 1.29 is 14.3 Å². The first-order chi connectivity index (χ1) is 8.31. The molecule has 3 nitrogen and oxygen atoms in total. The molecule has 3 heteroatoms. The van der Waals surface area contributed by atoms with Gasteiger partial charge in [-0.2, -0.15) is 0 Å². The van der Waals surface area contributed by atoms with E-state index in [-0.39, 0.29) is 12.1 Å². The minimum atomic E-state index is -0.201. The van der Waals surface area contributed by atoms with E-state index in [1.807, 2.05) is 24.3 Å². The zero-order chi connectivity index (χ0) is 12.1. The molecule has 1 heterocycles. The molecule has 1 aliphatic heterocycles. The van der Waals surface area contributed by atoms with E-state index in [1.54, 1.807) is 0 Å². The molecule has 92 valence electrons. The van der Waals surface area contributed by atoms with Gasteiger partial charge in [-0.1, -0.05) is 24.3 Å². The molecule has 0 N–H and O–H groups in total. The molecule has 0 aromatic heterocycles. The molecule has 1 aliphatic rings. The molecular formula is C14H18O3. The fourth-order valence-corrected chi connectivity index (χ4v) is 2.22. The van der Waals surface area contributed by atoms with Gasteiger partial charge in [-0.3, -0.25) is 4.79 Å². The number of hydrogen-bond acceptors (Lipinski definition) is 3. The van der Waals surface area contributed by atoms with Crippen LogP contribution in [0.15, 0.2) is 24.3 Å². The lowest BCUT2D eigenvalue weighted by molar-refractivity contribution is -0.139. The van der Waals surface area contributed by atoms with E-state index in [1.165, 1.54) is 13.5 Å². The van der Waals surface area contributed by atoms with Crippen LogP contribution in [-0.2, 0) is 20.7 Å². The Labute approximate surface area is 102 Å². The summed E-state index contributed by atoms with van der Waals surface area (Å²) in [6, 6.07) is 7.97. The number of hydrogen-bond donors (Lipinski definition) is 0. The summed E-state index contributed by atoms with van der Waals surface area (Å²) in [5.41, 5.74) is 2.16. The molecule has 1 fully saturated rings. The lowest BCUT2D eigenvalue weighted by Crippen LogP contribution is -2.15. The van der Waals surface area contributed by atoms with Gasteiger partial charge in [0.05, 0.1) is 19.6 Å². The summed E-state index contributed by atoms with van der Waals surface area (Å²) in [6.07, 6.45) is 3.84. The molecule has 1 aromatic rings. The van der Waals surface area contributed by atoms with Crippen LogP contribution < -0.4 is 0 Å². The van der Waals surface area contributed by atoms with Crippen LogP contribution in [0.1, 0.15) is 36.5 Å². The molecule has 2 rings (SSSR count). The maximum absolute atomic E-state index is 11.4. The minimum absolute atomic E-state index is 0.143. The Morgan fingerprint density at radius 1 is 1.41 bits per heavy atom. The molecule has 17 heavy (non-hydrogen) atoms. The number of carbonyl (C=O) groups is 1. The van der Waals surface area contributed by atoms with Crippen molar-refractivity contribution in [3.05, 3.63) is 35.4 Å². The molecule has 0 saturated carbocycles.